The van der Waals surface area contributed by atoms with E-state index in [0.29, 0.717) is 41.9 Å². The number of hydrogen-bond donors (Lipinski definition) is 2. The molecule has 188 valence electrons. The van der Waals surface area contributed by atoms with Gasteiger partial charge in [0.05, 0.1) is 5.56 Å². The molecule has 5 rings (SSSR count). The van der Waals surface area contributed by atoms with Gasteiger partial charge < -0.3 is 10.4 Å². The number of nitrogens with one attached hydrogen (secondary N) is 1. The van der Waals surface area contributed by atoms with E-state index in [2.05, 4.69) is 18.3 Å². The van der Waals surface area contributed by atoms with E-state index in [0.717, 1.165) is 57.1 Å². The molecule has 2 aromatic carbocycles. The Labute approximate surface area is 206 Å². The minimum Gasteiger partial charge on any atom is -0.508 e. The van der Waals surface area contributed by atoms with Crippen molar-refractivity contribution in [2.24, 2.45) is 17.3 Å². The molecule has 0 spiro atoms. The fourth-order valence-corrected chi connectivity index (χ4v) is 6.49. The van der Waals surface area contributed by atoms with E-state index in [-0.39, 0.29) is 11.0 Å². The van der Waals surface area contributed by atoms with Crippen LogP contribution in [0.15, 0.2) is 36.4 Å². The van der Waals surface area contributed by atoms with Crippen LogP contribution in [0, 0.1) is 28.9 Å². The summed E-state index contributed by atoms with van der Waals surface area (Å²) in [5, 5.41) is 12.2. The van der Waals surface area contributed by atoms with E-state index in [4.69, 9.17) is 0 Å². The molecule has 0 bridgehead atoms. The minimum absolute atomic E-state index is 0.0322. The first kappa shape index (κ1) is 25.3. The molecule has 6 heteroatoms. The molecule has 0 saturated heterocycles. The third kappa shape index (κ3) is 5.12. The Morgan fingerprint density at radius 3 is 2.66 bits per heavy atom. The van der Waals surface area contributed by atoms with Crippen LogP contribution in [0.3, 0.4) is 0 Å². The number of ketones is 1. The van der Waals surface area contributed by atoms with Gasteiger partial charge >= 0.3 is 0 Å². The summed E-state index contributed by atoms with van der Waals surface area (Å²) >= 11 is 0. The smallest absolute Gasteiger partial charge is 0.254 e. The Kier molecular flexibility index (Phi) is 7.58. The fourth-order valence-electron chi connectivity index (χ4n) is 6.49. The van der Waals surface area contributed by atoms with Crippen LogP contribution >= 0.6 is 0 Å². The topological polar surface area (TPSA) is 66.4 Å². The van der Waals surface area contributed by atoms with E-state index in [1.54, 1.807) is 0 Å². The van der Waals surface area contributed by atoms with E-state index in [1.807, 2.05) is 19.1 Å². The highest BCUT2D eigenvalue weighted by Gasteiger charge is 2.54. The lowest BCUT2D eigenvalue weighted by molar-refractivity contribution is -0.129. The standard InChI is InChI=1S/C18H22O2.C11H13F2NO/c1-18-9-8-14-13-5-3-12(19)10-11(13)2-4-15(14)16(18)6-7-17(18)20;1-2-3-6-14-11(15)9-5-4-8(12)7-10(9)13/h3,5,10,14-16,19H,2,4,6-9H2,1H3;4-5,7H,2-3,6H2,1H3,(H,14,15). The van der Waals surface area contributed by atoms with Crippen molar-refractivity contribution in [1.29, 1.82) is 0 Å². The number of carbonyl (C=O) groups excluding carboxylic acids is 2. The highest BCUT2D eigenvalue weighted by atomic mass is 19.1. The zero-order valence-corrected chi connectivity index (χ0v) is 20.6. The molecule has 35 heavy (non-hydrogen) atoms. The van der Waals surface area contributed by atoms with E-state index in [1.165, 1.54) is 17.5 Å². The summed E-state index contributed by atoms with van der Waals surface area (Å²) in [6.45, 7) is 4.71. The molecule has 4 atom stereocenters. The zero-order chi connectivity index (χ0) is 25.2. The first-order valence-corrected chi connectivity index (χ1v) is 12.8. The van der Waals surface area contributed by atoms with Crippen molar-refractivity contribution in [3.05, 3.63) is 64.7 Å². The van der Waals surface area contributed by atoms with Gasteiger partial charge in [0.1, 0.15) is 23.2 Å². The molecule has 3 aliphatic carbocycles. The summed E-state index contributed by atoms with van der Waals surface area (Å²) in [4.78, 5) is 23.6. The van der Waals surface area contributed by atoms with E-state index < -0.39 is 17.5 Å². The molecule has 0 radical (unpaired) electrons. The van der Waals surface area contributed by atoms with Crippen molar-refractivity contribution < 1.29 is 23.5 Å². The molecular formula is C29H35F2NO3. The number of amides is 1. The number of phenols is 1. The minimum atomic E-state index is -0.830. The number of rotatable bonds is 4. The number of aryl methyl sites for hydroxylation is 1. The maximum absolute atomic E-state index is 13.1. The fraction of sp³-hybridized carbons (Fsp3) is 0.517. The number of carbonyl (C=O) groups is 2. The molecule has 2 aromatic rings. The van der Waals surface area contributed by atoms with Gasteiger partial charge in [-0.3, -0.25) is 9.59 Å². The van der Waals surface area contributed by atoms with Crippen LogP contribution in [0.25, 0.3) is 0 Å². The number of fused-ring (bicyclic) bond motifs is 5. The van der Waals surface area contributed by atoms with Crippen molar-refractivity contribution in [2.75, 3.05) is 6.54 Å². The number of phenolic OH excluding ortho intramolecular Hbond substituents is 1. The van der Waals surface area contributed by atoms with Crippen LogP contribution < -0.4 is 5.32 Å². The Bertz CT molecular complexity index is 1100. The van der Waals surface area contributed by atoms with Gasteiger partial charge in [-0.25, -0.2) is 8.78 Å². The summed E-state index contributed by atoms with van der Waals surface area (Å²) < 4.78 is 25.7. The van der Waals surface area contributed by atoms with Gasteiger partial charge in [-0.1, -0.05) is 26.3 Å². The average Bonchev–Trinajstić information content (AvgIpc) is 3.13. The lowest BCUT2D eigenvalue weighted by Gasteiger charge is -2.48. The SMILES string of the molecule is CC12CCC3c4ccc(O)cc4CCC3C1CCC2=O.CCCCNC(=O)c1ccc(F)cc1F. The predicted molar refractivity (Wildman–Crippen MR) is 131 cm³/mol. The molecule has 0 heterocycles. The lowest BCUT2D eigenvalue weighted by Crippen LogP contribution is -2.42. The van der Waals surface area contributed by atoms with Gasteiger partial charge in [0.15, 0.2) is 0 Å². The highest BCUT2D eigenvalue weighted by Crippen LogP contribution is 2.59. The number of hydrogen-bond acceptors (Lipinski definition) is 3. The molecule has 0 aliphatic heterocycles. The monoisotopic (exact) mass is 483 g/mol. The number of Topliss-reactive ketones (excluding diaryl/α,β-unsaturated/α-hetero) is 1. The third-order valence-corrected chi connectivity index (χ3v) is 8.41. The largest absolute Gasteiger partial charge is 0.508 e. The van der Waals surface area contributed by atoms with Crippen molar-refractivity contribution >= 4 is 11.7 Å². The summed E-state index contributed by atoms with van der Waals surface area (Å²) in [7, 11) is 0. The quantitative estimate of drug-likeness (QED) is 0.501. The van der Waals surface area contributed by atoms with Crippen LogP contribution in [0.2, 0.25) is 0 Å². The molecule has 0 aromatic heterocycles. The van der Waals surface area contributed by atoms with Gasteiger partial charge in [0.2, 0.25) is 0 Å². The molecule has 4 unspecified atom stereocenters. The van der Waals surface area contributed by atoms with Crippen LogP contribution in [0.1, 0.15) is 86.2 Å². The second-order valence-corrected chi connectivity index (χ2v) is 10.5. The van der Waals surface area contributed by atoms with Crippen molar-refractivity contribution in [1.82, 2.24) is 5.32 Å². The molecule has 1 amide bonds. The van der Waals surface area contributed by atoms with Crippen LogP contribution in [-0.2, 0) is 11.2 Å². The number of benzene rings is 2. The van der Waals surface area contributed by atoms with Crippen molar-refractivity contribution in [3.8, 4) is 5.75 Å². The zero-order valence-electron chi connectivity index (χ0n) is 20.6. The van der Waals surface area contributed by atoms with E-state index >= 15 is 0 Å². The van der Waals surface area contributed by atoms with Crippen molar-refractivity contribution in [2.45, 2.75) is 71.1 Å². The third-order valence-electron chi connectivity index (χ3n) is 8.41. The van der Waals surface area contributed by atoms with Crippen molar-refractivity contribution in [3.63, 3.8) is 0 Å². The summed E-state index contributed by atoms with van der Waals surface area (Å²) in [5.41, 5.74) is 2.63. The first-order valence-electron chi connectivity index (χ1n) is 12.8. The van der Waals surface area contributed by atoms with Gasteiger partial charge in [0.25, 0.3) is 5.91 Å². The molecular weight excluding hydrogens is 448 g/mol. The summed E-state index contributed by atoms with van der Waals surface area (Å²) in [6.07, 6.45) is 8.14. The maximum Gasteiger partial charge on any atom is 0.254 e. The number of aromatic hydroxyl groups is 1. The molecule has 2 saturated carbocycles. The number of unbranched alkanes of at least 4 members (excludes halogenated alkanes) is 1. The predicted octanol–water partition coefficient (Wildman–Crippen LogP) is 6.31. The summed E-state index contributed by atoms with van der Waals surface area (Å²) in [6, 6.07) is 8.81. The molecule has 3 aliphatic rings. The van der Waals surface area contributed by atoms with Crippen LogP contribution in [0.5, 0.6) is 5.75 Å². The Balaban J connectivity index is 0.000000174. The van der Waals surface area contributed by atoms with Crippen LogP contribution in [0.4, 0.5) is 8.78 Å². The second kappa shape index (κ2) is 10.5. The van der Waals surface area contributed by atoms with Gasteiger partial charge in [-0.15, -0.1) is 0 Å². The van der Waals surface area contributed by atoms with Gasteiger partial charge in [-0.05, 0) is 91.7 Å². The van der Waals surface area contributed by atoms with Crippen LogP contribution in [-0.4, -0.2) is 23.3 Å². The van der Waals surface area contributed by atoms with Gasteiger partial charge in [-0.2, -0.15) is 0 Å². The second-order valence-electron chi connectivity index (χ2n) is 10.5. The Morgan fingerprint density at radius 2 is 1.91 bits per heavy atom. The lowest BCUT2D eigenvalue weighted by atomic mass is 9.55. The summed E-state index contributed by atoms with van der Waals surface area (Å²) in [5.74, 6) is 0.773. The molecule has 2 N–H and O–H groups in total. The average molecular weight is 484 g/mol. The Morgan fingerprint density at radius 1 is 1.11 bits per heavy atom. The van der Waals surface area contributed by atoms with Gasteiger partial charge in [0, 0.05) is 24.4 Å². The normalized spacial score (nSPS) is 26.6. The van der Waals surface area contributed by atoms with E-state index in [9.17, 15) is 23.5 Å². The number of halogens is 2. The Hall–Kier alpha value is -2.76. The molecule has 2 fully saturated rings. The maximum atomic E-state index is 13.1. The highest BCUT2D eigenvalue weighted by molar-refractivity contribution is 5.94. The molecule has 4 nitrogen and oxygen atoms in total. The first-order chi connectivity index (χ1) is 16.7.